The SMILES string of the molecule is CCNC(C)(CCN(CC)C1CCCCC1)C(=O)OC. The van der Waals surface area contributed by atoms with Crippen LogP contribution in [0, 0.1) is 0 Å². The number of nitrogens with zero attached hydrogens (tertiary/aromatic N) is 1. The minimum atomic E-state index is -0.564. The summed E-state index contributed by atoms with van der Waals surface area (Å²) in [7, 11) is 1.47. The first kappa shape index (κ1) is 17.4. The molecular weight excluding hydrogens is 252 g/mol. The summed E-state index contributed by atoms with van der Waals surface area (Å²) in [6, 6.07) is 0.706. The third-order valence-electron chi connectivity index (χ3n) is 4.60. The Hall–Kier alpha value is -0.610. The highest BCUT2D eigenvalue weighted by molar-refractivity contribution is 5.80. The number of hydrogen-bond donors (Lipinski definition) is 1. The molecule has 4 heteroatoms. The van der Waals surface area contributed by atoms with E-state index in [2.05, 4.69) is 17.1 Å². The van der Waals surface area contributed by atoms with Gasteiger partial charge in [0.2, 0.25) is 0 Å². The van der Waals surface area contributed by atoms with Gasteiger partial charge in [0, 0.05) is 12.6 Å². The molecule has 1 N–H and O–H groups in total. The van der Waals surface area contributed by atoms with Gasteiger partial charge in [-0.05, 0) is 39.3 Å². The molecule has 0 bridgehead atoms. The lowest BCUT2D eigenvalue weighted by molar-refractivity contribution is -0.148. The van der Waals surface area contributed by atoms with Gasteiger partial charge in [0.15, 0.2) is 0 Å². The van der Waals surface area contributed by atoms with Crippen molar-refractivity contribution in [1.82, 2.24) is 10.2 Å². The van der Waals surface area contributed by atoms with Crippen LogP contribution in [0.25, 0.3) is 0 Å². The summed E-state index contributed by atoms with van der Waals surface area (Å²) in [6.45, 7) is 9.00. The Morgan fingerprint density at radius 1 is 1.30 bits per heavy atom. The molecule has 1 aliphatic carbocycles. The van der Waals surface area contributed by atoms with Crippen LogP contribution < -0.4 is 5.32 Å². The molecule has 1 aliphatic rings. The normalized spacial score (nSPS) is 19.9. The number of nitrogens with one attached hydrogen (secondary N) is 1. The molecule has 1 rings (SSSR count). The molecule has 118 valence electrons. The molecule has 1 saturated carbocycles. The van der Waals surface area contributed by atoms with Gasteiger partial charge in [-0.3, -0.25) is 4.79 Å². The van der Waals surface area contributed by atoms with Gasteiger partial charge in [-0.25, -0.2) is 0 Å². The van der Waals surface area contributed by atoms with E-state index in [-0.39, 0.29) is 5.97 Å². The van der Waals surface area contributed by atoms with Crippen molar-refractivity contribution >= 4 is 5.97 Å². The Labute approximate surface area is 124 Å². The second-order valence-corrected chi connectivity index (χ2v) is 6.02. The largest absolute Gasteiger partial charge is 0.468 e. The number of carbonyl (C=O) groups excluding carboxylic acids is 1. The molecular formula is C16H32N2O2. The number of likely N-dealkylation sites (N-methyl/N-ethyl adjacent to an activating group) is 1. The number of hydrogen-bond acceptors (Lipinski definition) is 4. The average molecular weight is 284 g/mol. The summed E-state index contributed by atoms with van der Waals surface area (Å²) in [6.07, 6.45) is 7.50. The number of methoxy groups -OCH3 is 1. The molecule has 0 amide bonds. The van der Waals surface area contributed by atoms with E-state index in [1.807, 2.05) is 13.8 Å². The first-order valence-corrected chi connectivity index (χ1v) is 8.14. The topological polar surface area (TPSA) is 41.6 Å². The maximum Gasteiger partial charge on any atom is 0.325 e. The smallest absolute Gasteiger partial charge is 0.325 e. The first-order valence-electron chi connectivity index (χ1n) is 8.14. The highest BCUT2D eigenvalue weighted by Gasteiger charge is 2.34. The monoisotopic (exact) mass is 284 g/mol. The third-order valence-corrected chi connectivity index (χ3v) is 4.60. The lowest BCUT2D eigenvalue weighted by Crippen LogP contribution is -2.52. The quantitative estimate of drug-likeness (QED) is 0.696. The molecule has 0 aliphatic heterocycles. The van der Waals surface area contributed by atoms with Crippen molar-refractivity contribution < 1.29 is 9.53 Å². The van der Waals surface area contributed by atoms with Crippen LogP contribution in [0.2, 0.25) is 0 Å². The van der Waals surface area contributed by atoms with Gasteiger partial charge in [0.05, 0.1) is 7.11 Å². The molecule has 0 saturated heterocycles. The Morgan fingerprint density at radius 3 is 2.45 bits per heavy atom. The standard InChI is InChI=1S/C16H32N2O2/c1-5-17-16(3,15(19)20-4)12-13-18(6-2)14-10-8-7-9-11-14/h14,17H,5-13H2,1-4H3. The Morgan fingerprint density at radius 2 is 1.95 bits per heavy atom. The number of rotatable bonds is 8. The van der Waals surface area contributed by atoms with E-state index in [4.69, 9.17) is 4.74 Å². The fourth-order valence-corrected chi connectivity index (χ4v) is 3.29. The summed E-state index contributed by atoms with van der Waals surface area (Å²) < 4.78 is 4.96. The van der Waals surface area contributed by atoms with E-state index in [1.165, 1.54) is 39.2 Å². The van der Waals surface area contributed by atoms with Crippen LogP contribution in [-0.4, -0.2) is 49.2 Å². The molecule has 0 aromatic rings. The summed E-state index contributed by atoms with van der Waals surface area (Å²) in [5.41, 5.74) is -0.564. The fourth-order valence-electron chi connectivity index (χ4n) is 3.29. The van der Waals surface area contributed by atoms with E-state index in [1.54, 1.807) is 0 Å². The van der Waals surface area contributed by atoms with Gasteiger partial charge in [0.25, 0.3) is 0 Å². The second kappa shape index (κ2) is 8.63. The predicted molar refractivity (Wildman–Crippen MR) is 82.8 cm³/mol. The third kappa shape index (κ3) is 4.74. The van der Waals surface area contributed by atoms with Crippen molar-refractivity contribution in [3.63, 3.8) is 0 Å². The van der Waals surface area contributed by atoms with E-state index in [0.29, 0.717) is 6.04 Å². The molecule has 1 unspecified atom stereocenters. The van der Waals surface area contributed by atoms with Crippen LogP contribution in [0.5, 0.6) is 0 Å². The molecule has 1 fully saturated rings. The van der Waals surface area contributed by atoms with Crippen LogP contribution in [0.4, 0.5) is 0 Å². The number of esters is 1. The fraction of sp³-hybridized carbons (Fsp3) is 0.938. The van der Waals surface area contributed by atoms with Gasteiger partial charge in [-0.1, -0.05) is 33.1 Å². The van der Waals surface area contributed by atoms with Gasteiger partial charge < -0.3 is 15.0 Å². The molecule has 0 heterocycles. The summed E-state index contributed by atoms with van der Waals surface area (Å²) in [5.74, 6) is -0.154. The Kier molecular flexibility index (Phi) is 7.52. The van der Waals surface area contributed by atoms with E-state index >= 15 is 0 Å². The van der Waals surface area contributed by atoms with Crippen LogP contribution in [-0.2, 0) is 9.53 Å². The van der Waals surface area contributed by atoms with E-state index < -0.39 is 5.54 Å². The van der Waals surface area contributed by atoms with Crippen molar-refractivity contribution in [3.05, 3.63) is 0 Å². The summed E-state index contributed by atoms with van der Waals surface area (Å²) in [4.78, 5) is 14.5. The van der Waals surface area contributed by atoms with Gasteiger partial charge in [0.1, 0.15) is 5.54 Å². The van der Waals surface area contributed by atoms with E-state index in [0.717, 1.165) is 26.1 Å². The van der Waals surface area contributed by atoms with Crippen LogP contribution in [0.3, 0.4) is 0 Å². The first-order chi connectivity index (χ1) is 9.57. The van der Waals surface area contributed by atoms with Crippen molar-refractivity contribution in [2.45, 2.75) is 70.9 Å². The number of ether oxygens (including phenoxy) is 1. The molecule has 20 heavy (non-hydrogen) atoms. The molecule has 0 aromatic heterocycles. The zero-order valence-corrected chi connectivity index (χ0v) is 13.7. The zero-order valence-electron chi connectivity index (χ0n) is 13.7. The van der Waals surface area contributed by atoms with E-state index in [9.17, 15) is 4.79 Å². The molecule has 0 spiro atoms. The number of carbonyl (C=O) groups is 1. The molecule has 4 nitrogen and oxygen atoms in total. The van der Waals surface area contributed by atoms with Gasteiger partial charge in [-0.2, -0.15) is 0 Å². The minimum Gasteiger partial charge on any atom is -0.468 e. The van der Waals surface area contributed by atoms with Crippen LogP contribution in [0.15, 0.2) is 0 Å². The van der Waals surface area contributed by atoms with Crippen molar-refractivity contribution in [3.8, 4) is 0 Å². The zero-order chi connectivity index (χ0) is 15.0. The van der Waals surface area contributed by atoms with Crippen molar-refractivity contribution in [2.75, 3.05) is 26.7 Å². The minimum absolute atomic E-state index is 0.154. The molecule has 0 radical (unpaired) electrons. The maximum absolute atomic E-state index is 12.0. The molecule has 0 aromatic carbocycles. The van der Waals surface area contributed by atoms with Crippen molar-refractivity contribution in [1.29, 1.82) is 0 Å². The van der Waals surface area contributed by atoms with Crippen molar-refractivity contribution in [2.24, 2.45) is 0 Å². The summed E-state index contributed by atoms with van der Waals surface area (Å²) in [5, 5.41) is 3.29. The highest BCUT2D eigenvalue weighted by Crippen LogP contribution is 2.23. The second-order valence-electron chi connectivity index (χ2n) is 6.02. The highest BCUT2D eigenvalue weighted by atomic mass is 16.5. The maximum atomic E-state index is 12.0. The Bertz CT molecular complexity index is 290. The average Bonchev–Trinajstić information content (AvgIpc) is 2.48. The van der Waals surface area contributed by atoms with Crippen LogP contribution >= 0.6 is 0 Å². The van der Waals surface area contributed by atoms with Gasteiger partial charge in [-0.15, -0.1) is 0 Å². The van der Waals surface area contributed by atoms with Gasteiger partial charge >= 0.3 is 5.97 Å². The van der Waals surface area contributed by atoms with Crippen LogP contribution in [0.1, 0.15) is 59.3 Å². The molecule has 1 atom stereocenters. The summed E-state index contributed by atoms with van der Waals surface area (Å²) >= 11 is 0. The lowest BCUT2D eigenvalue weighted by Gasteiger charge is -2.36. The predicted octanol–water partition coefficient (Wildman–Crippen LogP) is 2.57. The lowest BCUT2D eigenvalue weighted by atomic mass is 9.92. The Balaban J connectivity index is 2.57.